The van der Waals surface area contributed by atoms with Crippen LogP contribution in [-0.4, -0.2) is 46.9 Å². The topological polar surface area (TPSA) is 120 Å². The predicted octanol–water partition coefficient (Wildman–Crippen LogP) is 1.50. The SMILES string of the molecule is CC[C@@]1(O)C(=O)OCc2c1cc1n(c2=O)Cc2c-1nc1ccc(N)cc1c2N1CCOCC1. The Labute approximate surface area is 189 Å². The minimum Gasteiger partial charge on any atom is -0.458 e. The molecule has 33 heavy (non-hydrogen) atoms. The maximum absolute atomic E-state index is 13.5. The zero-order valence-electron chi connectivity index (χ0n) is 18.3. The minimum absolute atomic E-state index is 0.109. The van der Waals surface area contributed by atoms with Gasteiger partial charge >= 0.3 is 5.97 Å². The summed E-state index contributed by atoms with van der Waals surface area (Å²) in [7, 11) is 0. The molecule has 0 aliphatic carbocycles. The maximum atomic E-state index is 13.5. The van der Waals surface area contributed by atoms with Crippen LogP contribution in [0.15, 0.2) is 29.1 Å². The molecule has 0 radical (unpaired) electrons. The molecule has 170 valence electrons. The standard InChI is InChI=1S/C24H24N4O5/c1-2-24(31)17-10-19-20-15(11-28(19)22(29)16(17)12-33-23(24)30)21(27-5-7-32-8-6-27)14-9-13(25)3-4-18(14)26-20/h3-4,9-10,31H,2,5-8,11-12,25H2,1H3/t24-/m0/s1. The summed E-state index contributed by atoms with van der Waals surface area (Å²) in [5, 5.41) is 12.0. The number of fused-ring (bicyclic) bond motifs is 5. The molecule has 2 aromatic heterocycles. The summed E-state index contributed by atoms with van der Waals surface area (Å²) in [6.45, 7) is 4.58. The van der Waals surface area contributed by atoms with Crippen molar-refractivity contribution in [1.82, 2.24) is 9.55 Å². The average molecular weight is 448 g/mol. The van der Waals surface area contributed by atoms with Crippen molar-refractivity contribution in [3.8, 4) is 11.4 Å². The summed E-state index contributed by atoms with van der Waals surface area (Å²) < 4.78 is 12.4. The molecule has 3 aromatic rings. The van der Waals surface area contributed by atoms with Crippen LogP contribution < -0.4 is 16.2 Å². The van der Waals surface area contributed by atoms with Crippen LogP contribution in [0.4, 0.5) is 11.4 Å². The predicted molar refractivity (Wildman–Crippen MR) is 122 cm³/mol. The number of carbonyl (C=O) groups is 1. The van der Waals surface area contributed by atoms with Crippen LogP contribution in [0.3, 0.4) is 0 Å². The Kier molecular flexibility index (Phi) is 4.30. The molecule has 9 nitrogen and oxygen atoms in total. The Bertz CT molecular complexity index is 1390. The largest absolute Gasteiger partial charge is 0.458 e. The van der Waals surface area contributed by atoms with Gasteiger partial charge in [0.05, 0.1) is 47.9 Å². The third kappa shape index (κ3) is 2.75. The molecule has 3 aliphatic heterocycles. The van der Waals surface area contributed by atoms with Crippen molar-refractivity contribution in [2.45, 2.75) is 32.1 Å². The van der Waals surface area contributed by atoms with Crippen LogP contribution in [-0.2, 0) is 33.0 Å². The lowest BCUT2D eigenvalue weighted by Crippen LogP contribution is -2.44. The number of aromatic nitrogens is 2. The van der Waals surface area contributed by atoms with E-state index in [-0.39, 0.29) is 18.6 Å². The van der Waals surface area contributed by atoms with Gasteiger partial charge < -0.3 is 29.8 Å². The first-order chi connectivity index (χ1) is 15.9. The van der Waals surface area contributed by atoms with E-state index < -0.39 is 11.6 Å². The van der Waals surface area contributed by atoms with Crippen molar-refractivity contribution in [2.24, 2.45) is 0 Å². The van der Waals surface area contributed by atoms with Gasteiger partial charge in [-0.3, -0.25) is 4.79 Å². The Morgan fingerprint density at radius 3 is 2.73 bits per heavy atom. The van der Waals surface area contributed by atoms with Crippen molar-refractivity contribution in [3.05, 3.63) is 51.3 Å². The van der Waals surface area contributed by atoms with Crippen molar-refractivity contribution in [2.75, 3.05) is 36.9 Å². The summed E-state index contributed by atoms with van der Waals surface area (Å²) in [5.74, 6) is -0.726. The van der Waals surface area contributed by atoms with Crippen LogP contribution in [0, 0.1) is 0 Å². The summed E-state index contributed by atoms with van der Waals surface area (Å²) >= 11 is 0. The molecule has 0 unspecified atom stereocenters. The third-order valence-electron chi connectivity index (χ3n) is 7.01. The zero-order valence-corrected chi connectivity index (χ0v) is 18.3. The minimum atomic E-state index is -1.84. The number of benzene rings is 1. The van der Waals surface area contributed by atoms with Gasteiger partial charge in [0.2, 0.25) is 0 Å². The Morgan fingerprint density at radius 2 is 1.97 bits per heavy atom. The number of cyclic esters (lactones) is 1. The molecule has 1 aromatic carbocycles. The highest BCUT2D eigenvalue weighted by atomic mass is 16.6. The Morgan fingerprint density at radius 1 is 1.18 bits per heavy atom. The smallest absolute Gasteiger partial charge is 0.343 e. The summed E-state index contributed by atoms with van der Waals surface area (Å²) in [6.07, 6.45) is 0.109. The molecule has 1 atom stereocenters. The van der Waals surface area contributed by atoms with E-state index in [0.29, 0.717) is 48.0 Å². The van der Waals surface area contributed by atoms with E-state index in [9.17, 15) is 14.7 Å². The van der Waals surface area contributed by atoms with E-state index in [1.54, 1.807) is 17.6 Å². The van der Waals surface area contributed by atoms with E-state index in [1.807, 2.05) is 18.2 Å². The van der Waals surface area contributed by atoms with Crippen LogP contribution in [0.2, 0.25) is 0 Å². The number of nitrogens with zero attached hydrogens (tertiary/aromatic N) is 3. The van der Waals surface area contributed by atoms with E-state index in [4.69, 9.17) is 20.2 Å². The molecule has 6 rings (SSSR count). The molecule has 1 fully saturated rings. The highest BCUT2D eigenvalue weighted by Gasteiger charge is 2.45. The first-order valence-corrected chi connectivity index (χ1v) is 11.1. The number of aliphatic hydroxyl groups is 1. The maximum Gasteiger partial charge on any atom is 0.343 e. The number of morpholine rings is 1. The molecule has 5 heterocycles. The second-order valence-electron chi connectivity index (χ2n) is 8.77. The van der Waals surface area contributed by atoms with Crippen LogP contribution in [0.25, 0.3) is 22.3 Å². The Balaban J connectivity index is 1.64. The molecule has 9 heteroatoms. The summed E-state index contributed by atoms with van der Waals surface area (Å²) in [4.78, 5) is 33.1. The molecule has 0 bridgehead atoms. The average Bonchev–Trinajstić information content (AvgIpc) is 3.19. The number of rotatable bonds is 2. The molecular weight excluding hydrogens is 424 g/mol. The molecule has 3 N–H and O–H groups in total. The van der Waals surface area contributed by atoms with E-state index >= 15 is 0 Å². The monoisotopic (exact) mass is 448 g/mol. The number of nitrogen functional groups attached to an aromatic ring is 1. The number of carbonyl (C=O) groups excluding carboxylic acids is 1. The number of ether oxygens (including phenoxy) is 2. The van der Waals surface area contributed by atoms with Gasteiger partial charge in [-0.1, -0.05) is 6.92 Å². The number of pyridine rings is 2. The third-order valence-corrected chi connectivity index (χ3v) is 7.01. The zero-order chi connectivity index (χ0) is 22.9. The van der Waals surface area contributed by atoms with Crippen molar-refractivity contribution in [1.29, 1.82) is 0 Å². The molecule has 1 saturated heterocycles. The van der Waals surface area contributed by atoms with E-state index in [0.717, 1.165) is 35.2 Å². The van der Waals surface area contributed by atoms with Gasteiger partial charge in [0.1, 0.15) is 6.61 Å². The van der Waals surface area contributed by atoms with Crippen LogP contribution in [0.5, 0.6) is 0 Å². The van der Waals surface area contributed by atoms with Gasteiger partial charge in [0.15, 0.2) is 5.60 Å². The highest BCUT2D eigenvalue weighted by Crippen LogP contribution is 2.43. The number of esters is 1. The first-order valence-electron chi connectivity index (χ1n) is 11.1. The molecular formula is C24H24N4O5. The lowest BCUT2D eigenvalue weighted by Gasteiger charge is -2.31. The lowest BCUT2D eigenvalue weighted by molar-refractivity contribution is -0.172. The number of anilines is 2. The number of nitrogens with two attached hydrogens (primary N) is 1. The van der Waals surface area contributed by atoms with Gasteiger partial charge in [-0.05, 0) is 30.7 Å². The summed E-state index contributed by atoms with van der Waals surface area (Å²) in [6, 6.07) is 7.36. The van der Waals surface area contributed by atoms with Crippen molar-refractivity contribution < 1.29 is 19.4 Å². The lowest BCUT2D eigenvalue weighted by atomic mass is 9.86. The molecule has 0 amide bonds. The van der Waals surface area contributed by atoms with Gasteiger partial charge in [0, 0.05) is 35.3 Å². The number of hydrogen-bond acceptors (Lipinski definition) is 8. The normalized spacial score (nSPS) is 21.5. The molecule has 3 aliphatic rings. The van der Waals surface area contributed by atoms with Gasteiger partial charge in [-0.15, -0.1) is 0 Å². The second kappa shape index (κ2) is 7.03. The summed E-state index contributed by atoms with van der Waals surface area (Å²) in [5.41, 5.74) is 9.28. The Hall–Kier alpha value is -3.43. The molecule has 0 spiro atoms. The number of hydrogen-bond donors (Lipinski definition) is 2. The fraction of sp³-hybridized carbons (Fsp3) is 0.375. The first kappa shape index (κ1) is 20.2. The second-order valence-corrected chi connectivity index (χ2v) is 8.77. The van der Waals surface area contributed by atoms with E-state index in [2.05, 4.69) is 4.90 Å². The van der Waals surface area contributed by atoms with Gasteiger partial charge in [-0.2, -0.15) is 0 Å². The van der Waals surface area contributed by atoms with Crippen LogP contribution in [0.1, 0.15) is 30.0 Å². The fourth-order valence-electron chi connectivity index (χ4n) is 5.22. The fourth-order valence-corrected chi connectivity index (χ4v) is 5.22. The van der Waals surface area contributed by atoms with Crippen molar-refractivity contribution >= 4 is 28.2 Å². The highest BCUT2D eigenvalue weighted by molar-refractivity contribution is 5.99. The van der Waals surface area contributed by atoms with E-state index in [1.165, 1.54) is 0 Å². The van der Waals surface area contributed by atoms with Gasteiger partial charge in [0.25, 0.3) is 5.56 Å². The molecule has 0 saturated carbocycles. The van der Waals surface area contributed by atoms with Gasteiger partial charge in [-0.25, -0.2) is 9.78 Å². The van der Waals surface area contributed by atoms with Crippen molar-refractivity contribution in [3.63, 3.8) is 0 Å². The van der Waals surface area contributed by atoms with Crippen LogP contribution >= 0.6 is 0 Å². The quantitative estimate of drug-likeness (QED) is 0.350.